The maximum absolute atomic E-state index is 11.7. The molecule has 0 aliphatic carbocycles. The number of rotatable bonds is 4. The topological polar surface area (TPSA) is 50.4 Å². The summed E-state index contributed by atoms with van der Waals surface area (Å²) in [5, 5.41) is 5.66. The Bertz CT molecular complexity index is 602. The maximum atomic E-state index is 11.7. The summed E-state index contributed by atoms with van der Waals surface area (Å²) in [6.07, 6.45) is 2.62. The number of hydrogen-bond acceptors (Lipinski definition) is 3. The van der Waals surface area contributed by atoms with Crippen LogP contribution in [-0.2, 0) is 4.79 Å². The summed E-state index contributed by atoms with van der Waals surface area (Å²) in [6, 6.07) is 3.79. The lowest BCUT2D eigenvalue weighted by atomic mass is 10.1. The third-order valence-electron chi connectivity index (χ3n) is 2.51. The van der Waals surface area contributed by atoms with E-state index < -0.39 is 0 Å². The smallest absolute Gasteiger partial charge is 0.273 e. The van der Waals surface area contributed by atoms with Crippen molar-refractivity contribution >= 4 is 61.2 Å². The summed E-state index contributed by atoms with van der Waals surface area (Å²) in [6.45, 7) is 2.64. The van der Waals surface area contributed by atoms with E-state index in [1.54, 1.807) is 6.08 Å². The van der Waals surface area contributed by atoms with E-state index in [0.29, 0.717) is 23.2 Å². The molecule has 0 saturated carbocycles. The monoisotopic (exact) mass is 418 g/mol. The van der Waals surface area contributed by atoms with E-state index >= 15 is 0 Å². The number of hydrogen-bond donors (Lipinski definition) is 2. The molecule has 1 amide bonds. The van der Waals surface area contributed by atoms with Gasteiger partial charge in [0.05, 0.1) is 11.1 Å². The molecule has 1 fully saturated rings. The Morgan fingerprint density at radius 1 is 1.35 bits per heavy atom. The van der Waals surface area contributed by atoms with Gasteiger partial charge in [-0.15, -0.1) is 0 Å². The van der Waals surface area contributed by atoms with Crippen molar-refractivity contribution in [2.24, 2.45) is 0 Å². The van der Waals surface area contributed by atoms with Gasteiger partial charge in [-0.2, -0.15) is 0 Å². The molecular weight excluding hydrogens is 408 g/mol. The molecule has 0 radical (unpaired) electrons. The van der Waals surface area contributed by atoms with Crippen LogP contribution in [0.3, 0.4) is 0 Å². The fourth-order valence-corrected chi connectivity index (χ4v) is 3.26. The average Bonchev–Trinajstić information content (AvgIpc) is 2.66. The van der Waals surface area contributed by atoms with Gasteiger partial charge in [0.1, 0.15) is 11.4 Å². The molecule has 0 aromatic heterocycles. The fraction of sp³-hybridized carbons (Fsp3) is 0.231. The molecule has 106 valence electrons. The lowest BCUT2D eigenvalue weighted by Crippen LogP contribution is -2.21. The molecule has 0 unspecified atom stereocenters. The van der Waals surface area contributed by atoms with Crippen molar-refractivity contribution in [1.82, 2.24) is 10.6 Å². The second kappa shape index (κ2) is 6.69. The van der Waals surface area contributed by atoms with E-state index in [4.69, 9.17) is 17.0 Å². The van der Waals surface area contributed by atoms with Crippen LogP contribution >= 0.6 is 44.1 Å². The van der Waals surface area contributed by atoms with Crippen molar-refractivity contribution in [2.75, 3.05) is 6.61 Å². The van der Waals surface area contributed by atoms with Gasteiger partial charge >= 0.3 is 0 Å². The molecule has 20 heavy (non-hydrogen) atoms. The molecular formula is C13H12Br2N2O2S. The molecule has 0 spiro atoms. The van der Waals surface area contributed by atoms with Crippen molar-refractivity contribution in [3.05, 3.63) is 32.3 Å². The third kappa shape index (κ3) is 3.59. The van der Waals surface area contributed by atoms with E-state index in [1.165, 1.54) is 0 Å². The first kappa shape index (κ1) is 15.5. The van der Waals surface area contributed by atoms with Crippen molar-refractivity contribution in [3.8, 4) is 5.75 Å². The summed E-state index contributed by atoms with van der Waals surface area (Å²) in [4.78, 5) is 11.7. The van der Waals surface area contributed by atoms with Crippen LogP contribution in [0.4, 0.5) is 0 Å². The lowest BCUT2D eigenvalue weighted by molar-refractivity contribution is -0.115. The van der Waals surface area contributed by atoms with Crippen LogP contribution in [0, 0.1) is 0 Å². The summed E-state index contributed by atoms with van der Waals surface area (Å²) >= 11 is 11.8. The van der Waals surface area contributed by atoms with Gasteiger partial charge in [0.25, 0.3) is 5.91 Å². The van der Waals surface area contributed by atoms with Gasteiger partial charge in [0.2, 0.25) is 0 Å². The minimum Gasteiger partial charge on any atom is -0.492 e. The Hall–Kier alpha value is -0.920. The summed E-state index contributed by atoms with van der Waals surface area (Å²) in [7, 11) is 0. The van der Waals surface area contributed by atoms with Crippen molar-refractivity contribution < 1.29 is 9.53 Å². The van der Waals surface area contributed by atoms with Crippen LogP contribution < -0.4 is 15.4 Å². The van der Waals surface area contributed by atoms with Gasteiger partial charge in [-0.1, -0.05) is 22.9 Å². The van der Waals surface area contributed by atoms with Gasteiger partial charge in [-0.3, -0.25) is 10.1 Å². The number of carbonyl (C=O) groups is 1. The third-order valence-corrected chi connectivity index (χ3v) is 3.76. The highest BCUT2D eigenvalue weighted by Gasteiger charge is 2.21. The van der Waals surface area contributed by atoms with Crippen LogP contribution in [0.5, 0.6) is 5.75 Å². The molecule has 2 rings (SSSR count). The molecule has 7 heteroatoms. The van der Waals surface area contributed by atoms with Crippen LogP contribution in [-0.4, -0.2) is 17.6 Å². The van der Waals surface area contributed by atoms with E-state index in [1.807, 2.05) is 19.1 Å². The molecule has 1 heterocycles. The zero-order valence-electron chi connectivity index (χ0n) is 10.6. The van der Waals surface area contributed by atoms with Crippen molar-refractivity contribution in [2.45, 2.75) is 13.3 Å². The van der Waals surface area contributed by atoms with Gasteiger partial charge in [0, 0.05) is 10.0 Å². The quantitative estimate of drug-likeness (QED) is 0.580. The maximum Gasteiger partial charge on any atom is 0.273 e. The summed E-state index contributed by atoms with van der Waals surface area (Å²) < 4.78 is 7.46. The number of benzene rings is 1. The minimum atomic E-state index is -0.243. The molecule has 1 aromatic rings. The van der Waals surface area contributed by atoms with E-state index in [2.05, 4.69) is 42.5 Å². The first-order chi connectivity index (χ1) is 9.51. The van der Waals surface area contributed by atoms with Gasteiger partial charge in [-0.05, 0) is 52.8 Å². The normalized spacial score (nSPS) is 16.2. The number of ether oxygens (including phenoxy) is 1. The van der Waals surface area contributed by atoms with Crippen LogP contribution in [0.1, 0.15) is 18.9 Å². The second-order valence-corrected chi connectivity index (χ2v) is 6.30. The number of carbonyl (C=O) groups excluding carboxylic acids is 1. The zero-order chi connectivity index (χ0) is 14.7. The van der Waals surface area contributed by atoms with Crippen molar-refractivity contribution in [3.63, 3.8) is 0 Å². The fourth-order valence-electron chi connectivity index (χ4n) is 1.68. The van der Waals surface area contributed by atoms with Gasteiger partial charge in [0.15, 0.2) is 5.11 Å². The minimum absolute atomic E-state index is 0.243. The Kier molecular flexibility index (Phi) is 5.17. The van der Waals surface area contributed by atoms with Gasteiger partial charge in [-0.25, -0.2) is 0 Å². The summed E-state index contributed by atoms with van der Waals surface area (Å²) in [5.74, 6) is 0.461. The molecule has 0 atom stereocenters. The van der Waals surface area contributed by atoms with E-state index in [0.717, 1.165) is 20.9 Å². The van der Waals surface area contributed by atoms with Crippen LogP contribution in [0.15, 0.2) is 26.8 Å². The lowest BCUT2D eigenvalue weighted by Gasteiger charge is -2.11. The van der Waals surface area contributed by atoms with E-state index in [-0.39, 0.29) is 5.91 Å². The Morgan fingerprint density at radius 3 is 2.70 bits per heavy atom. The molecule has 2 N–H and O–H groups in total. The molecule has 1 aliphatic rings. The average molecular weight is 420 g/mol. The Labute approximate surface area is 139 Å². The Balaban J connectivity index is 2.41. The van der Waals surface area contributed by atoms with Gasteiger partial charge < -0.3 is 10.1 Å². The highest BCUT2D eigenvalue weighted by atomic mass is 79.9. The van der Waals surface area contributed by atoms with Crippen LogP contribution in [0.25, 0.3) is 6.08 Å². The highest BCUT2D eigenvalue weighted by molar-refractivity contribution is 9.11. The number of amides is 1. The molecule has 1 aromatic carbocycles. The zero-order valence-corrected chi connectivity index (χ0v) is 14.6. The second-order valence-electron chi connectivity index (χ2n) is 4.12. The predicted molar refractivity (Wildman–Crippen MR) is 89.5 cm³/mol. The number of nitrogens with one attached hydrogen (secondary N) is 2. The largest absolute Gasteiger partial charge is 0.492 e. The molecule has 1 saturated heterocycles. The molecule has 4 nitrogen and oxygen atoms in total. The van der Waals surface area contributed by atoms with Crippen molar-refractivity contribution in [1.29, 1.82) is 0 Å². The first-order valence-electron chi connectivity index (χ1n) is 5.97. The molecule has 1 aliphatic heterocycles. The predicted octanol–water partition coefficient (Wildman–Crippen LogP) is 3.35. The first-order valence-corrected chi connectivity index (χ1v) is 7.96. The Morgan fingerprint density at radius 2 is 2.10 bits per heavy atom. The SMILES string of the molecule is CCCOc1c(Br)cc(Br)cc1/C=C1\NC(=S)NC1=O. The molecule has 0 bridgehead atoms. The standard InChI is InChI=1S/C13H12Br2N2O2S/c1-2-3-19-11-7(4-8(14)6-9(11)15)5-10-12(18)17-13(20)16-10/h4-6H,2-3H2,1H3,(H2,16,17,18,20)/b10-5-. The summed E-state index contributed by atoms with van der Waals surface area (Å²) in [5.41, 5.74) is 1.20. The number of thiocarbonyl (C=S) groups is 1. The van der Waals surface area contributed by atoms with E-state index in [9.17, 15) is 4.79 Å². The highest BCUT2D eigenvalue weighted by Crippen LogP contribution is 2.34. The number of halogens is 2. The van der Waals surface area contributed by atoms with Crippen LogP contribution in [0.2, 0.25) is 0 Å².